The highest BCUT2D eigenvalue weighted by Crippen LogP contribution is 2.18. The molecule has 0 aliphatic heterocycles. The highest BCUT2D eigenvalue weighted by atomic mass is 79.9. The van der Waals surface area contributed by atoms with Crippen molar-refractivity contribution >= 4 is 21.9 Å². The maximum absolute atomic E-state index is 10.9. The highest BCUT2D eigenvalue weighted by Gasteiger charge is 2.11. The molecule has 0 unspecified atom stereocenters. The Morgan fingerprint density at radius 3 is 2.78 bits per heavy atom. The Kier molecular flexibility index (Phi) is 3.56. The normalized spacial score (nSPS) is 10.8. The van der Waals surface area contributed by atoms with Gasteiger partial charge in [0.25, 0.3) is 0 Å². The first kappa shape index (κ1) is 12.9. The van der Waals surface area contributed by atoms with E-state index in [4.69, 9.17) is 5.11 Å². The predicted molar refractivity (Wildman–Crippen MR) is 70.8 cm³/mol. The van der Waals surface area contributed by atoms with E-state index in [-0.39, 0.29) is 5.56 Å². The number of carboxylic acid groups (broad SMARTS) is 1. The van der Waals surface area contributed by atoms with Crippen LogP contribution in [0.15, 0.2) is 22.9 Å². The molecule has 0 radical (unpaired) electrons. The van der Waals surface area contributed by atoms with Gasteiger partial charge in [-0.15, -0.1) is 0 Å². The zero-order valence-corrected chi connectivity index (χ0v) is 11.8. The molecule has 0 fully saturated rings. The van der Waals surface area contributed by atoms with Crippen LogP contribution in [0.25, 0.3) is 0 Å². The second-order valence-electron chi connectivity index (χ2n) is 4.08. The van der Waals surface area contributed by atoms with Gasteiger partial charge >= 0.3 is 5.97 Å². The summed E-state index contributed by atoms with van der Waals surface area (Å²) in [4.78, 5) is 10.9. The minimum Gasteiger partial charge on any atom is -0.478 e. The molecule has 0 bridgehead atoms. The van der Waals surface area contributed by atoms with Gasteiger partial charge in [0.05, 0.1) is 28.1 Å². The number of carboxylic acids is 1. The second kappa shape index (κ2) is 4.97. The average Bonchev–Trinajstić information content (AvgIpc) is 2.84. The van der Waals surface area contributed by atoms with Crippen LogP contribution in [0.1, 0.15) is 28.7 Å². The monoisotopic (exact) mass is 311 g/mol. The zero-order chi connectivity index (χ0) is 13.3. The van der Waals surface area contributed by atoms with E-state index in [0.29, 0.717) is 6.54 Å². The molecule has 0 saturated carbocycles. The molecule has 2 rings (SSSR count). The second-order valence-corrected chi connectivity index (χ2v) is 4.89. The van der Waals surface area contributed by atoms with Crippen molar-refractivity contribution in [1.82, 2.24) is 14.3 Å². The zero-order valence-electron chi connectivity index (χ0n) is 10.2. The number of nitrogens with zero attached hydrogens (tertiary/aromatic N) is 3. The summed E-state index contributed by atoms with van der Waals surface area (Å²) in [7, 11) is 0. The molecule has 5 nitrogen and oxygen atoms in total. The van der Waals surface area contributed by atoms with Gasteiger partial charge in [-0.2, -0.15) is 5.10 Å². The van der Waals surface area contributed by atoms with E-state index in [1.807, 2.05) is 29.2 Å². The summed E-state index contributed by atoms with van der Waals surface area (Å²) in [6, 6.07) is 3.61. The number of hydrogen-bond donors (Lipinski definition) is 1. The number of rotatable bonds is 4. The molecule has 2 aromatic rings. The van der Waals surface area contributed by atoms with Gasteiger partial charge in [-0.25, -0.2) is 4.79 Å². The maximum atomic E-state index is 10.9. The molecule has 18 heavy (non-hydrogen) atoms. The van der Waals surface area contributed by atoms with Crippen LogP contribution in [0.2, 0.25) is 0 Å². The van der Waals surface area contributed by atoms with Gasteiger partial charge in [0, 0.05) is 12.7 Å². The van der Waals surface area contributed by atoms with Gasteiger partial charge in [0.2, 0.25) is 0 Å². The molecular formula is C12H14BrN3O2. The van der Waals surface area contributed by atoms with Crippen LogP contribution in [0.4, 0.5) is 0 Å². The van der Waals surface area contributed by atoms with Crippen molar-refractivity contribution in [3.63, 3.8) is 0 Å². The molecule has 0 atom stereocenters. The molecule has 0 spiro atoms. The number of carbonyl (C=O) groups is 1. The molecule has 2 heterocycles. The Morgan fingerprint density at radius 2 is 2.22 bits per heavy atom. The fraction of sp³-hybridized carbons (Fsp3) is 0.333. The van der Waals surface area contributed by atoms with Gasteiger partial charge < -0.3 is 9.67 Å². The molecule has 0 amide bonds. The number of aromatic carboxylic acids is 1. The minimum absolute atomic E-state index is 0.279. The molecule has 0 saturated heterocycles. The Hall–Kier alpha value is -1.56. The van der Waals surface area contributed by atoms with E-state index in [1.165, 1.54) is 0 Å². The summed E-state index contributed by atoms with van der Waals surface area (Å²) in [6.07, 6.45) is 1.62. The van der Waals surface area contributed by atoms with Crippen molar-refractivity contribution in [3.8, 4) is 0 Å². The summed E-state index contributed by atoms with van der Waals surface area (Å²) < 4.78 is 4.52. The van der Waals surface area contributed by atoms with Crippen LogP contribution in [-0.4, -0.2) is 25.4 Å². The molecule has 0 aromatic carbocycles. The lowest BCUT2D eigenvalue weighted by atomic mass is 10.3. The largest absolute Gasteiger partial charge is 0.478 e. The molecular weight excluding hydrogens is 298 g/mol. The van der Waals surface area contributed by atoms with E-state index in [1.54, 1.807) is 12.3 Å². The lowest BCUT2D eigenvalue weighted by molar-refractivity contribution is 0.0697. The minimum atomic E-state index is -0.922. The van der Waals surface area contributed by atoms with Crippen LogP contribution in [0.5, 0.6) is 0 Å². The topological polar surface area (TPSA) is 60.0 Å². The van der Waals surface area contributed by atoms with Crippen LogP contribution in [0, 0.1) is 6.92 Å². The number of aromatic nitrogens is 3. The van der Waals surface area contributed by atoms with Crippen molar-refractivity contribution in [2.24, 2.45) is 0 Å². The summed E-state index contributed by atoms with van der Waals surface area (Å²) >= 11 is 3.37. The van der Waals surface area contributed by atoms with Crippen LogP contribution < -0.4 is 0 Å². The number of hydrogen-bond acceptors (Lipinski definition) is 2. The third-order valence-electron chi connectivity index (χ3n) is 2.71. The van der Waals surface area contributed by atoms with E-state index in [2.05, 4.69) is 21.0 Å². The first-order chi connectivity index (χ1) is 8.51. The Labute approximate surface area is 113 Å². The standard InChI is InChI=1S/C12H14BrN3O2/c1-3-16-10(4-8(2)14-16)7-15-6-9(12(17)18)5-11(15)13/h4-6H,3,7H2,1-2H3,(H,17,18). The summed E-state index contributed by atoms with van der Waals surface area (Å²) in [6.45, 7) is 5.38. The molecule has 2 aromatic heterocycles. The fourth-order valence-corrected chi connectivity index (χ4v) is 2.37. The average molecular weight is 312 g/mol. The smallest absolute Gasteiger partial charge is 0.337 e. The van der Waals surface area contributed by atoms with Crippen molar-refractivity contribution in [3.05, 3.63) is 39.9 Å². The first-order valence-electron chi connectivity index (χ1n) is 5.63. The lowest BCUT2D eigenvalue weighted by Crippen LogP contribution is -2.07. The van der Waals surface area contributed by atoms with Gasteiger partial charge in [-0.3, -0.25) is 4.68 Å². The SMILES string of the molecule is CCn1nc(C)cc1Cn1cc(C(=O)O)cc1Br. The highest BCUT2D eigenvalue weighted by molar-refractivity contribution is 9.10. The van der Waals surface area contributed by atoms with Gasteiger partial charge in [0.1, 0.15) is 0 Å². The number of halogens is 1. The Morgan fingerprint density at radius 1 is 1.50 bits per heavy atom. The van der Waals surface area contributed by atoms with E-state index < -0.39 is 5.97 Å². The van der Waals surface area contributed by atoms with E-state index in [9.17, 15) is 4.79 Å². The van der Waals surface area contributed by atoms with Crippen molar-refractivity contribution in [1.29, 1.82) is 0 Å². The third-order valence-corrected chi connectivity index (χ3v) is 3.39. The lowest BCUT2D eigenvalue weighted by Gasteiger charge is -2.06. The van der Waals surface area contributed by atoms with Crippen LogP contribution >= 0.6 is 15.9 Å². The number of aryl methyl sites for hydroxylation is 2. The van der Waals surface area contributed by atoms with Gasteiger partial charge in [-0.05, 0) is 41.9 Å². The van der Waals surface area contributed by atoms with E-state index in [0.717, 1.165) is 22.5 Å². The first-order valence-corrected chi connectivity index (χ1v) is 6.43. The summed E-state index contributed by atoms with van der Waals surface area (Å²) in [5.74, 6) is -0.922. The van der Waals surface area contributed by atoms with Crippen molar-refractivity contribution < 1.29 is 9.90 Å². The fourth-order valence-electron chi connectivity index (χ4n) is 1.89. The molecule has 1 N–H and O–H groups in total. The van der Waals surface area contributed by atoms with Gasteiger partial charge in [0.15, 0.2) is 0 Å². The maximum Gasteiger partial charge on any atom is 0.337 e. The van der Waals surface area contributed by atoms with Crippen LogP contribution in [0.3, 0.4) is 0 Å². The van der Waals surface area contributed by atoms with Crippen molar-refractivity contribution in [2.75, 3.05) is 0 Å². The third kappa shape index (κ3) is 2.48. The molecule has 0 aliphatic carbocycles. The van der Waals surface area contributed by atoms with Crippen LogP contribution in [-0.2, 0) is 13.1 Å². The van der Waals surface area contributed by atoms with E-state index >= 15 is 0 Å². The Bertz CT molecular complexity index is 586. The van der Waals surface area contributed by atoms with Gasteiger partial charge in [-0.1, -0.05) is 0 Å². The molecule has 6 heteroatoms. The summed E-state index contributed by atoms with van der Waals surface area (Å²) in [5, 5.41) is 13.3. The molecule has 96 valence electrons. The summed E-state index contributed by atoms with van der Waals surface area (Å²) in [5.41, 5.74) is 2.30. The Balaban J connectivity index is 2.30. The predicted octanol–water partition coefficient (Wildman–Crippen LogP) is 2.52. The van der Waals surface area contributed by atoms with Crippen molar-refractivity contribution in [2.45, 2.75) is 26.9 Å². The molecule has 0 aliphatic rings. The quantitative estimate of drug-likeness (QED) is 0.944.